The Morgan fingerprint density at radius 2 is 0.790 bits per heavy atom. The van der Waals surface area contributed by atoms with Gasteiger partial charge in [-0.2, -0.15) is 0 Å². The van der Waals surface area contributed by atoms with E-state index in [9.17, 15) is 0 Å². The number of rotatable bonds is 5. The van der Waals surface area contributed by atoms with E-state index in [0.29, 0.717) is 17.5 Å². The van der Waals surface area contributed by atoms with Crippen molar-refractivity contribution in [3.8, 4) is 56.4 Å². The molecule has 10 aromatic carbocycles. The Bertz CT molecular complexity index is 3890. The molecule has 0 aliphatic carbocycles. The largest absolute Gasteiger partial charge is 0.456 e. The Balaban J connectivity index is 1.00. The molecule has 0 aliphatic heterocycles. The number of nitrogens with zero attached hydrogens (tertiary/aromatic N) is 3. The molecule has 0 fully saturated rings. The molecular weight excluding hydrogens is 759 g/mol. The minimum atomic E-state index is 0.552. The van der Waals surface area contributed by atoms with E-state index in [4.69, 9.17) is 23.8 Å². The lowest BCUT2D eigenvalue weighted by molar-refractivity contribution is 0.669. The summed E-state index contributed by atoms with van der Waals surface area (Å²) in [5.74, 6) is 1.72. The molecule has 13 rings (SSSR count). The Morgan fingerprint density at radius 1 is 0.274 bits per heavy atom. The van der Waals surface area contributed by atoms with Gasteiger partial charge in [0.15, 0.2) is 17.5 Å². The molecule has 0 saturated heterocycles. The highest BCUT2D eigenvalue weighted by molar-refractivity contribution is 6.26. The van der Waals surface area contributed by atoms with Crippen molar-refractivity contribution < 1.29 is 8.83 Å². The van der Waals surface area contributed by atoms with Gasteiger partial charge in [-0.05, 0) is 79.3 Å². The Kier molecular flexibility index (Phi) is 7.54. The first kappa shape index (κ1) is 34.5. The van der Waals surface area contributed by atoms with Crippen molar-refractivity contribution in [3.05, 3.63) is 200 Å². The van der Waals surface area contributed by atoms with Gasteiger partial charge in [0, 0.05) is 38.2 Å². The normalized spacial score (nSPS) is 11.9. The number of aromatic nitrogens is 3. The SMILES string of the molecule is c1ccc(-c2nc(-c3ccc(-c4c(-c5ccc6c7ccccc7c7ccccc7c6c5)ccc5oc6ccccc6c45)cc3)nc(-c3cccc4c3oc3ccccc34)n2)cc1. The smallest absolute Gasteiger partial charge is 0.167 e. The van der Waals surface area contributed by atoms with E-state index in [2.05, 4.69) is 127 Å². The maximum atomic E-state index is 6.50. The second-order valence-electron chi connectivity index (χ2n) is 15.8. The van der Waals surface area contributed by atoms with Gasteiger partial charge in [-0.1, -0.05) is 170 Å². The number of hydrogen-bond donors (Lipinski definition) is 0. The third-order valence-corrected chi connectivity index (χ3v) is 12.3. The number of benzene rings is 10. The Hall–Kier alpha value is -8.41. The molecule has 13 aromatic rings. The molecule has 0 atom stereocenters. The number of para-hydroxylation sites is 3. The van der Waals surface area contributed by atoms with Crippen LogP contribution in [0.25, 0.3) is 133 Å². The summed E-state index contributed by atoms with van der Waals surface area (Å²) in [5.41, 5.74) is 10.3. The van der Waals surface area contributed by atoms with E-state index >= 15 is 0 Å². The van der Waals surface area contributed by atoms with E-state index in [1.54, 1.807) is 0 Å². The Morgan fingerprint density at radius 3 is 1.50 bits per heavy atom. The number of fused-ring (bicyclic) bond motifs is 12. The topological polar surface area (TPSA) is 65.0 Å². The van der Waals surface area contributed by atoms with Gasteiger partial charge < -0.3 is 8.83 Å². The molecule has 0 saturated carbocycles. The zero-order chi connectivity index (χ0) is 40.7. The first-order valence-corrected chi connectivity index (χ1v) is 20.8. The van der Waals surface area contributed by atoms with Crippen molar-refractivity contribution in [2.24, 2.45) is 0 Å². The molecule has 0 N–H and O–H groups in total. The van der Waals surface area contributed by atoms with Crippen LogP contribution < -0.4 is 0 Å². The van der Waals surface area contributed by atoms with E-state index < -0.39 is 0 Å². The van der Waals surface area contributed by atoms with Crippen LogP contribution in [-0.2, 0) is 0 Å². The minimum Gasteiger partial charge on any atom is -0.456 e. The molecule has 0 amide bonds. The maximum absolute atomic E-state index is 6.50. The molecule has 3 heterocycles. The molecular formula is C57H33N3O2. The highest BCUT2D eigenvalue weighted by atomic mass is 16.3. The standard InChI is InChI=1S/C57H33N3O2/c1-2-13-35(14-3-1)55-58-56(60-57(59-55)47-22-12-21-45-44-19-8-10-23-49(44)62-54(45)47)36-27-25-34(26-28-36)52-38(31-32-51-53(52)46-20-9-11-24-50(46)61-51)37-29-30-43-41-17-5-4-15-39(41)40-16-6-7-18-42(40)48(43)33-37/h1-33H. The van der Waals surface area contributed by atoms with Gasteiger partial charge in [-0.25, -0.2) is 15.0 Å². The van der Waals surface area contributed by atoms with Crippen LogP contribution in [0.3, 0.4) is 0 Å². The van der Waals surface area contributed by atoms with E-state index in [-0.39, 0.29) is 0 Å². The van der Waals surface area contributed by atoms with Gasteiger partial charge in [-0.3, -0.25) is 0 Å². The summed E-state index contributed by atoms with van der Waals surface area (Å²) in [4.78, 5) is 15.3. The quantitative estimate of drug-likeness (QED) is 0.162. The van der Waals surface area contributed by atoms with Crippen LogP contribution in [0.15, 0.2) is 209 Å². The van der Waals surface area contributed by atoms with Gasteiger partial charge in [0.2, 0.25) is 0 Å². The van der Waals surface area contributed by atoms with Gasteiger partial charge in [0.05, 0.1) is 5.56 Å². The summed E-state index contributed by atoms with van der Waals surface area (Å²) in [6.07, 6.45) is 0. The molecule has 3 aromatic heterocycles. The monoisotopic (exact) mass is 791 g/mol. The molecule has 0 unspecified atom stereocenters. The third kappa shape index (κ3) is 5.32. The molecule has 5 nitrogen and oxygen atoms in total. The van der Waals surface area contributed by atoms with Crippen molar-refractivity contribution in [1.29, 1.82) is 0 Å². The Labute approximate surface area is 355 Å². The predicted molar refractivity (Wildman–Crippen MR) is 254 cm³/mol. The highest BCUT2D eigenvalue weighted by Crippen LogP contribution is 2.45. The number of furan rings is 2. The fourth-order valence-corrected chi connectivity index (χ4v) is 9.48. The lowest BCUT2D eigenvalue weighted by Crippen LogP contribution is -2.00. The summed E-state index contributed by atoms with van der Waals surface area (Å²) in [5, 5.41) is 11.7. The summed E-state index contributed by atoms with van der Waals surface area (Å²) in [7, 11) is 0. The van der Waals surface area contributed by atoms with Gasteiger partial charge in [-0.15, -0.1) is 0 Å². The second-order valence-corrected chi connectivity index (χ2v) is 15.8. The predicted octanol–water partition coefficient (Wildman–Crippen LogP) is 15.5. The molecule has 288 valence electrons. The average Bonchev–Trinajstić information content (AvgIpc) is 3.93. The van der Waals surface area contributed by atoms with Gasteiger partial charge in [0.25, 0.3) is 0 Å². The van der Waals surface area contributed by atoms with Crippen molar-refractivity contribution in [3.63, 3.8) is 0 Å². The fraction of sp³-hybridized carbons (Fsp3) is 0. The van der Waals surface area contributed by atoms with Crippen LogP contribution in [0.2, 0.25) is 0 Å². The van der Waals surface area contributed by atoms with Crippen LogP contribution in [0.4, 0.5) is 0 Å². The highest BCUT2D eigenvalue weighted by Gasteiger charge is 2.21. The first-order chi connectivity index (χ1) is 30.7. The summed E-state index contributed by atoms with van der Waals surface area (Å²) < 4.78 is 13.0. The van der Waals surface area contributed by atoms with Crippen molar-refractivity contribution in [2.75, 3.05) is 0 Å². The minimum absolute atomic E-state index is 0.552. The molecule has 0 aliphatic rings. The van der Waals surface area contributed by atoms with Crippen LogP contribution in [0.5, 0.6) is 0 Å². The van der Waals surface area contributed by atoms with E-state index in [1.165, 1.54) is 32.3 Å². The van der Waals surface area contributed by atoms with Crippen molar-refractivity contribution in [1.82, 2.24) is 15.0 Å². The lowest BCUT2D eigenvalue weighted by atomic mass is 9.88. The second kappa shape index (κ2) is 13.6. The van der Waals surface area contributed by atoms with E-state index in [1.807, 2.05) is 72.8 Å². The van der Waals surface area contributed by atoms with Gasteiger partial charge in [0.1, 0.15) is 22.3 Å². The number of hydrogen-bond acceptors (Lipinski definition) is 5. The zero-order valence-electron chi connectivity index (χ0n) is 33.2. The van der Waals surface area contributed by atoms with Crippen LogP contribution >= 0.6 is 0 Å². The molecule has 0 spiro atoms. The first-order valence-electron chi connectivity index (χ1n) is 20.8. The van der Waals surface area contributed by atoms with Crippen molar-refractivity contribution in [2.45, 2.75) is 0 Å². The summed E-state index contributed by atoms with van der Waals surface area (Å²) in [6.45, 7) is 0. The van der Waals surface area contributed by atoms with E-state index in [0.717, 1.165) is 82.8 Å². The lowest BCUT2D eigenvalue weighted by Gasteiger charge is -2.15. The van der Waals surface area contributed by atoms with Crippen LogP contribution in [0.1, 0.15) is 0 Å². The van der Waals surface area contributed by atoms with Crippen LogP contribution in [-0.4, -0.2) is 15.0 Å². The molecule has 0 bridgehead atoms. The maximum Gasteiger partial charge on any atom is 0.167 e. The zero-order valence-corrected chi connectivity index (χ0v) is 33.2. The average molecular weight is 792 g/mol. The fourth-order valence-electron chi connectivity index (χ4n) is 9.48. The van der Waals surface area contributed by atoms with Gasteiger partial charge >= 0.3 is 0 Å². The molecule has 62 heavy (non-hydrogen) atoms. The summed E-state index contributed by atoms with van der Waals surface area (Å²) in [6, 6.07) is 70.0. The van der Waals surface area contributed by atoms with Crippen LogP contribution in [0, 0.1) is 0 Å². The van der Waals surface area contributed by atoms with Crippen molar-refractivity contribution >= 4 is 76.2 Å². The third-order valence-electron chi connectivity index (χ3n) is 12.3. The summed E-state index contributed by atoms with van der Waals surface area (Å²) >= 11 is 0. The molecule has 5 heteroatoms. The molecule has 0 radical (unpaired) electrons.